The number of aromatic nitrogens is 2. The number of piperazine rings is 1. The highest BCUT2D eigenvalue weighted by Gasteiger charge is 2.25. The van der Waals surface area contributed by atoms with Crippen LogP contribution in [0.15, 0.2) is 48.5 Å². The highest BCUT2D eigenvalue weighted by Crippen LogP contribution is 2.27. The number of hydrogen-bond acceptors (Lipinski definition) is 5. The van der Waals surface area contributed by atoms with Gasteiger partial charge in [-0.2, -0.15) is 0 Å². The number of carbonyl (C=O) groups excluding carboxylic acids is 1. The lowest BCUT2D eigenvalue weighted by Crippen LogP contribution is -2.49. The van der Waals surface area contributed by atoms with Crippen LogP contribution in [0.1, 0.15) is 52.4 Å². The highest BCUT2D eigenvalue weighted by molar-refractivity contribution is 5.94. The van der Waals surface area contributed by atoms with Crippen molar-refractivity contribution >= 4 is 11.7 Å². The molecule has 0 radical (unpaired) electrons. The van der Waals surface area contributed by atoms with Crippen LogP contribution in [0.5, 0.6) is 5.75 Å². The standard InChI is InChI=1S/C28H34N4O2/c1-5-21-7-11-23(12-8-21)28(33)32-17-15-31(16-18-32)27-25(26(6-2)29-20(3)30-27)19-22-9-13-24(34-4)14-10-22/h7-14H,5-6,15-19H2,1-4H3. The zero-order valence-electron chi connectivity index (χ0n) is 20.7. The van der Waals surface area contributed by atoms with Gasteiger partial charge in [-0.05, 0) is 55.2 Å². The first-order valence-electron chi connectivity index (χ1n) is 12.1. The second-order valence-corrected chi connectivity index (χ2v) is 8.73. The lowest BCUT2D eigenvalue weighted by Gasteiger charge is -2.36. The van der Waals surface area contributed by atoms with Gasteiger partial charge < -0.3 is 14.5 Å². The number of anilines is 1. The molecule has 4 rings (SSSR count). The Hall–Kier alpha value is -3.41. The van der Waals surface area contributed by atoms with Crippen LogP contribution in [-0.4, -0.2) is 54.1 Å². The minimum absolute atomic E-state index is 0.105. The smallest absolute Gasteiger partial charge is 0.253 e. The van der Waals surface area contributed by atoms with Crippen molar-refractivity contribution in [3.05, 3.63) is 82.3 Å². The molecule has 2 aromatic carbocycles. The number of aryl methyl sites for hydroxylation is 3. The van der Waals surface area contributed by atoms with Crippen molar-refractivity contribution in [3.63, 3.8) is 0 Å². The molecule has 1 amide bonds. The predicted molar refractivity (Wildman–Crippen MR) is 136 cm³/mol. The molecule has 2 heterocycles. The summed E-state index contributed by atoms with van der Waals surface area (Å²) in [5, 5.41) is 0. The number of carbonyl (C=O) groups is 1. The van der Waals surface area contributed by atoms with Gasteiger partial charge in [-0.15, -0.1) is 0 Å². The van der Waals surface area contributed by atoms with E-state index in [2.05, 4.69) is 30.9 Å². The maximum Gasteiger partial charge on any atom is 0.253 e. The van der Waals surface area contributed by atoms with Crippen molar-refractivity contribution in [2.45, 2.75) is 40.0 Å². The molecule has 0 spiro atoms. The number of benzene rings is 2. The fraction of sp³-hybridized carbons (Fsp3) is 0.393. The van der Waals surface area contributed by atoms with E-state index in [1.165, 1.54) is 16.7 Å². The number of rotatable bonds is 7. The molecule has 0 unspecified atom stereocenters. The second kappa shape index (κ2) is 10.7. The van der Waals surface area contributed by atoms with E-state index in [0.717, 1.165) is 61.0 Å². The zero-order chi connectivity index (χ0) is 24.1. The minimum Gasteiger partial charge on any atom is -0.497 e. The summed E-state index contributed by atoms with van der Waals surface area (Å²) in [5.41, 5.74) is 5.48. The molecule has 0 saturated carbocycles. The molecule has 1 aromatic heterocycles. The molecule has 0 N–H and O–H groups in total. The number of amides is 1. The van der Waals surface area contributed by atoms with Gasteiger partial charge in [-0.25, -0.2) is 9.97 Å². The Morgan fingerprint density at radius 1 is 0.882 bits per heavy atom. The number of hydrogen-bond donors (Lipinski definition) is 0. The first-order chi connectivity index (χ1) is 16.5. The molecule has 1 aliphatic rings. The monoisotopic (exact) mass is 458 g/mol. The Balaban J connectivity index is 1.52. The summed E-state index contributed by atoms with van der Waals surface area (Å²) in [5.74, 6) is 2.75. The van der Waals surface area contributed by atoms with Crippen LogP contribution in [0, 0.1) is 6.92 Å². The van der Waals surface area contributed by atoms with Crippen LogP contribution in [0.25, 0.3) is 0 Å². The van der Waals surface area contributed by atoms with E-state index >= 15 is 0 Å². The van der Waals surface area contributed by atoms with Gasteiger partial charge in [0.2, 0.25) is 0 Å². The Morgan fingerprint density at radius 2 is 1.53 bits per heavy atom. The third kappa shape index (κ3) is 5.22. The van der Waals surface area contributed by atoms with Crippen LogP contribution in [0.2, 0.25) is 0 Å². The molecule has 3 aromatic rings. The molecule has 6 heteroatoms. The Labute approximate surface area is 202 Å². The van der Waals surface area contributed by atoms with Crippen molar-refractivity contribution in [1.29, 1.82) is 0 Å². The maximum absolute atomic E-state index is 13.0. The first kappa shape index (κ1) is 23.7. The Morgan fingerprint density at radius 3 is 2.12 bits per heavy atom. The van der Waals surface area contributed by atoms with Crippen LogP contribution >= 0.6 is 0 Å². The number of nitrogens with zero attached hydrogens (tertiary/aromatic N) is 4. The normalized spacial score (nSPS) is 13.8. The van der Waals surface area contributed by atoms with E-state index < -0.39 is 0 Å². The molecule has 34 heavy (non-hydrogen) atoms. The molecule has 0 bridgehead atoms. The van der Waals surface area contributed by atoms with Crippen molar-refractivity contribution in [1.82, 2.24) is 14.9 Å². The topological polar surface area (TPSA) is 58.6 Å². The fourth-order valence-electron chi connectivity index (χ4n) is 4.51. The maximum atomic E-state index is 13.0. The van der Waals surface area contributed by atoms with E-state index in [-0.39, 0.29) is 5.91 Å². The van der Waals surface area contributed by atoms with Gasteiger partial charge in [0.25, 0.3) is 5.91 Å². The summed E-state index contributed by atoms with van der Waals surface area (Å²) >= 11 is 0. The van der Waals surface area contributed by atoms with Gasteiger partial charge in [0.05, 0.1) is 7.11 Å². The average Bonchev–Trinajstić information content (AvgIpc) is 2.89. The van der Waals surface area contributed by atoms with E-state index in [0.29, 0.717) is 13.1 Å². The van der Waals surface area contributed by atoms with Gasteiger partial charge in [-0.1, -0.05) is 38.1 Å². The van der Waals surface area contributed by atoms with Crippen LogP contribution in [0.3, 0.4) is 0 Å². The van der Waals surface area contributed by atoms with Crippen molar-refractivity contribution in [2.24, 2.45) is 0 Å². The van der Waals surface area contributed by atoms with Gasteiger partial charge in [0.1, 0.15) is 17.4 Å². The summed E-state index contributed by atoms with van der Waals surface area (Å²) in [7, 11) is 1.68. The van der Waals surface area contributed by atoms with Crippen LogP contribution in [0.4, 0.5) is 5.82 Å². The second-order valence-electron chi connectivity index (χ2n) is 8.73. The summed E-state index contributed by atoms with van der Waals surface area (Å²) < 4.78 is 5.31. The largest absolute Gasteiger partial charge is 0.497 e. The first-order valence-corrected chi connectivity index (χ1v) is 12.1. The Bertz CT molecular complexity index is 1120. The predicted octanol–water partition coefficient (Wildman–Crippen LogP) is 4.47. The molecule has 1 saturated heterocycles. The van der Waals surface area contributed by atoms with Crippen molar-refractivity contribution in [3.8, 4) is 5.75 Å². The third-order valence-electron chi connectivity index (χ3n) is 6.53. The quantitative estimate of drug-likeness (QED) is 0.523. The highest BCUT2D eigenvalue weighted by atomic mass is 16.5. The van der Waals surface area contributed by atoms with Crippen LogP contribution in [-0.2, 0) is 19.3 Å². The van der Waals surface area contributed by atoms with E-state index in [9.17, 15) is 4.79 Å². The fourth-order valence-corrected chi connectivity index (χ4v) is 4.51. The molecule has 1 fully saturated rings. The average molecular weight is 459 g/mol. The number of methoxy groups -OCH3 is 1. The van der Waals surface area contributed by atoms with E-state index in [4.69, 9.17) is 14.7 Å². The van der Waals surface area contributed by atoms with Gasteiger partial charge >= 0.3 is 0 Å². The lowest BCUT2D eigenvalue weighted by molar-refractivity contribution is 0.0746. The van der Waals surface area contributed by atoms with Gasteiger partial charge in [0.15, 0.2) is 0 Å². The molecular weight excluding hydrogens is 424 g/mol. The zero-order valence-corrected chi connectivity index (χ0v) is 20.7. The molecule has 178 valence electrons. The van der Waals surface area contributed by atoms with Gasteiger partial charge in [-0.3, -0.25) is 4.79 Å². The molecule has 0 aliphatic carbocycles. The molecule has 6 nitrogen and oxygen atoms in total. The number of ether oxygens (including phenoxy) is 1. The van der Waals surface area contributed by atoms with E-state index in [1.54, 1.807) is 7.11 Å². The van der Waals surface area contributed by atoms with E-state index in [1.807, 2.05) is 48.2 Å². The summed E-state index contributed by atoms with van der Waals surface area (Å²) in [6.45, 7) is 9.10. The van der Waals surface area contributed by atoms with Crippen molar-refractivity contribution in [2.75, 3.05) is 38.2 Å². The summed E-state index contributed by atoms with van der Waals surface area (Å²) in [4.78, 5) is 26.9. The summed E-state index contributed by atoms with van der Waals surface area (Å²) in [6.07, 6.45) is 2.60. The third-order valence-corrected chi connectivity index (χ3v) is 6.53. The Kier molecular flexibility index (Phi) is 7.46. The van der Waals surface area contributed by atoms with Gasteiger partial charge in [0, 0.05) is 49.4 Å². The molecule has 0 atom stereocenters. The SMILES string of the molecule is CCc1ccc(C(=O)N2CCN(c3nc(C)nc(CC)c3Cc3ccc(OC)cc3)CC2)cc1. The van der Waals surface area contributed by atoms with Crippen molar-refractivity contribution < 1.29 is 9.53 Å². The van der Waals surface area contributed by atoms with Crippen LogP contribution < -0.4 is 9.64 Å². The molecule has 1 aliphatic heterocycles. The lowest BCUT2D eigenvalue weighted by atomic mass is 10.0. The molecular formula is C28H34N4O2. The minimum atomic E-state index is 0.105. The summed E-state index contributed by atoms with van der Waals surface area (Å²) in [6, 6.07) is 16.2.